The van der Waals surface area contributed by atoms with E-state index in [0.717, 1.165) is 36.5 Å². The van der Waals surface area contributed by atoms with E-state index in [1.54, 1.807) is 0 Å². The monoisotopic (exact) mass is 324 g/mol. The standard InChI is InChI=1S/C18H24N6/c1-12-9-19-17-8-16(22-18(17)21-12)14-4-6-24(7-5-14)11-15-10-20-23(3)13(15)2/h8-10,14H,4-7,11H2,1-3H3,(H,21,22). The van der Waals surface area contributed by atoms with Crippen molar-refractivity contribution < 1.29 is 0 Å². The Kier molecular flexibility index (Phi) is 3.84. The summed E-state index contributed by atoms with van der Waals surface area (Å²) >= 11 is 0. The first-order chi connectivity index (χ1) is 11.6. The zero-order chi connectivity index (χ0) is 16.7. The highest BCUT2D eigenvalue weighted by molar-refractivity contribution is 5.71. The fraction of sp³-hybridized carbons (Fsp3) is 0.500. The first-order valence-electron chi connectivity index (χ1n) is 8.62. The van der Waals surface area contributed by atoms with Crippen LogP contribution < -0.4 is 0 Å². The van der Waals surface area contributed by atoms with Gasteiger partial charge in [0.25, 0.3) is 0 Å². The summed E-state index contributed by atoms with van der Waals surface area (Å²) in [6, 6.07) is 2.17. The van der Waals surface area contributed by atoms with Crippen LogP contribution in [0.3, 0.4) is 0 Å². The van der Waals surface area contributed by atoms with E-state index in [1.807, 2.05) is 31.0 Å². The Balaban J connectivity index is 1.42. The van der Waals surface area contributed by atoms with E-state index < -0.39 is 0 Å². The molecule has 24 heavy (non-hydrogen) atoms. The molecule has 0 radical (unpaired) electrons. The van der Waals surface area contributed by atoms with Crippen LogP contribution in [0.15, 0.2) is 18.5 Å². The summed E-state index contributed by atoms with van der Waals surface area (Å²) in [5, 5.41) is 4.35. The molecular formula is C18H24N6. The average Bonchev–Trinajstić information content (AvgIpc) is 3.13. The Labute approximate surface area is 141 Å². The van der Waals surface area contributed by atoms with Gasteiger partial charge in [0.15, 0.2) is 5.65 Å². The Morgan fingerprint density at radius 2 is 2.00 bits per heavy atom. The lowest BCUT2D eigenvalue weighted by atomic mass is 9.93. The van der Waals surface area contributed by atoms with E-state index in [1.165, 1.54) is 29.8 Å². The maximum Gasteiger partial charge on any atom is 0.156 e. The van der Waals surface area contributed by atoms with Crippen molar-refractivity contribution in [3.8, 4) is 0 Å². The molecule has 0 saturated carbocycles. The highest BCUT2D eigenvalue weighted by Crippen LogP contribution is 2.29. The smallest absolute Gasteiger partial charge is 0.156 e. The number of likely N-dealkylation sites (tertiary alicyclic amines) is 1. The highest BCUT2D eigenvalue weighted by atomic mass is 15.3. The summed E-state index contributed by atoms with van der Waals surface area (Å²) in [6.07, 6.45) is 6.17. The van der Waals surface area contributed by atoms with E-state index in [0.29, 0.717) is 5.92 Å². The number of hydrogen-bond donors (Lipinski definition) is 1. The van der Waals surface area contributed by atoms with Crippen molar-refractivity contribution in [3.05, 3.63) is 41.1 Å². The lowest BCUT2D eigenvalue weighted by Gasteiger charge is -2.31. The molecule has 126 valence electrons. The van der Waals surface area contributed by atoms with Gasteiger partial charge in [0.05, 0.1) is 11.9 Å². The van der Waals surface area contributed by atoms with Gasteiger partial charge in [-0.05, 0) is 45.8 Å². The normalized spacial score (nSPS) is 17.0. The molecule has 1 fully saturated rings. The second-order valence-corrected chi connectivity index (χ2v) is 6.90. The Morgan fingerprint density at radius 3 is 2.71 bits per heavy atom. The Bertz CT molecular complexity index is 854. The molecule has 3 aromatic rings. The van der Waals surface area contributed by atoms with Crippen molar-refractivity contribution in [1.82, 2.24) is 29.6 Å². The molecule has 1 saturated heterocycles. The number of aromatic nitrogens is 5. The fourth-order valence-electron chi connectivity index (χ4n) is 3.57. The van der Waals surface area contributed by atoms with Crippen molar-refractivity contribution in [3.63, 3.8) is 0 Å². The summed E-state index contributed by atoms with van der Waals surface area (Å²) in [7, 11) is 2.00. The van der Waals surface area contributed by atoms with Gasteiger partial charge in [-0.2, -0.15) is 5.10 Å². The van der Waals surface area contributed by atoms with Gasteiger partial charge in [0.2, 0.25) is 0 Å². The van der Waals surface area contributed by atoms with Crippen LogP contribution in [0.5, 0.6) is 0 Å². The lowest BCUT2D eigenvalue weighted by molar-refractivity contribution is 0.203. The summed E-state index contributed by atoms with van der Waals surface area (Å²) in [6.45, 7) is 7.36. The summed E-state index contributed by atoms with van der Waals surface area (Å²) in [5.41, 5.74) is 6.73. The second-order valence-electron chi connectivity index (χ2n) is 6.90. The second kappa shape index (κ2) is 6.02. The number of aromatic amines is 1. The zero-order valence-corrected chi connectivity index (χ0v) is 14.6. The van der Waals surface area contributed by atoms with Crippen molar-refractivity contribution in [2.75, 3.05) is 13.1 Å². The SMILES string of the molecule is Cc1cnc2cc(C3CCN(Cc4cnn(C)c4C)CC3)[nH]c2n1. The molecule has 6 heteroatoms. The first kappa shape index (κ1) is 15.3. The molecule has 0 spiro atoms. The van der Waals surface area contributed by atoms with Gasteiger partial charge in [-0.1, -0.05) is 0 Å². The molecule has 0 aromatic carbocycles. The van der Waals surface area contributed by atoms with Gasteiger partial charge in [-0.3, -0.25) is 14.6 Å². The molecule has 6 nitrogen and oxygen atoms in total. The summed E-state index contributed by atoms with van der Waals surface area (Å²) < 4.78 is 1.95. The van der Waals surface area contributed by atoms with Gasteiger partial charge in [0, 0.05) is 42.7 Å². The minimum absolute atomic E-state index is 0.576. The van der Waals surface area contributed by atoms with E-state index in [9.17, 15) is 0 Å². The van der Waals surface area contributed by atoms with E-state index in [4.69, 9.17) is 0 Å². The minimum Gasteiger partial charge on any atom is -0.342 e. The van der Waals surface area contributed by atoms with E-state index >= 15 is 0 Å². The largest absolute Gasteiger partial charge is 0.342 e. The molecular weight excluding hydrogens is 300 g/mol. The van der Waals surface area contributed by atoms with Crippen molar-refractivity contribution in [1.29, 1.82) is 0 Å². The molecule has 0 amide bonds. The number of aryl methyl sites for hydroxylation is 2. The molecule has 3 aromatic heterocycles. The maximum absolute atomic E-state index is 4.54. The third-order valence-electron chi connectivity index (χ3n) is 5.23. The van der Waals surface area contributed by atoms with Crippen LogP contribution in [0.25, 0.3) is 11.2 Å². The van der Waals surface area contributed by atoms with Crippen LogP contribution >= 0.6 is 0 Å². The van der Waals surface area contributed by atoms with Crippen LogP contribution in [0, 0.1) is 13.8 Å². The number of piperidine rings is 1. The molecule has 4 rings (SSSR count). The molecule has 1 N–H and O–H groups in total. The molecule has 0 atom stereocenters. The number of rotatable bonds is 3. The predicted molar refractivity (Wildman–Crippen MR) is 93.8 cm³/mol. The molecule has 1 aliphatic heterocycles. The topological polar surface area (TPSA) is 62.6 Å². The van der Waals surface area contributed by atoms with Crippen molar-refractivity contribution in [2.45, 2.75) is 39.2 Å². The van der Waals surface area contributed by atoms with Gasteiger partial charge >= 0.3 is 0 Å². The van der Waals surface area contributed by atoms with Crippen LogP contribution in [-0.2, 0) is 13.6 Å². The number of nitrogens with zero attached hydrogens (tertiary/aromatic N) is 5. The maximum atomic E-state index is 4.54. The van der Waals surface area contributed by atoms with Crippen LogP contribution in [0.2, 0.25) is 0 Å². The Hall–Kier alpha value is -2.21. The third-order valence-corrected chi connectivity index (χ3v) is 5.23. The minimum atomic E-state index is 0.576. The predicted octanol–water partition coefficient (Wildman–Crippen LogP) is 2.69. The third kappa shape index (κ3) is 2.82. The number of fused-ring (bicyclic) bond motifs is 1. The van der Waals surface area contributed by atoms with Crippen LogP contribution in [-0.4, -0.2) is 42.7 Å². The van der Waals surface area contributed by atoms with Crippen molar-refractivity contribution in [2.24, 2.45) is 7.05 Å². The quantitative estimate of drug-likeness (QED) is 0.804. The number of H-pyrrole nitrogens is 1. The van der Waals surface area contributed by atoms with Crippen LogP contribution in [0.1, 0.15) is 41.4 Å². The average molecular weight is 324 g/mol. The van der Waals surface area contributed by atoms with Gasteiger partial charge in [-0.25, -0.2) is 4.98 Å². The fourth-order valence-corrected chi connectivity index (χ4v) is 3.57. The summed E-state index contributed by atoms with van der Waals surface area (Å²) in [4.78, 5) is 15.0. The number of hydrogen-bond acceptors (Lipinski definition) is 4. The van der Waals surface area contributed by atoms with E-state index in [2.05, 4.69) is 37.9 Å². The first-order valence-corrected chi connectivity index (χ1v) is 8.62. The molecule has 0 aliphatic carbocycles. The molecule has 0 unspecified atom stereocenters. The number of nitrogens with one attached hydrogen (secondary N) is 1. The van der Waals surface area contributed by atoms with Gasteiger partial charge in [-0.15, -0.1) is 0 Å². The highest BCUT2D eigenvalue weighted by Gasteiger charge is 2.23. The van der Waals surface area contributed by atoms with E-state index in [-0.39, 0.29) is 0 Å². The Morgan fingerprint density at radius 1 is 1.21 bits per heavy atom. The molecule has 4 heterocycles. The van der Waals surface area contributed by atoms with Crippen molar-refractivity contribution >= 4 is 11.2 Å². The lowest BCUT2D eigenvalue weighted by Crippen LogP contribution is -2.32. The van der Waals surface area contributed by atoms with Gasteiger partial charge < -0.3 is 4.98 Å². The zero-order valence-electron chi connectivity index (χ0n) is 14.6. The van der Waals surface area contributed by atoms with Gasteiger partial charge in [0.1, 0.15) is 5.52 Å². The summed E-state index contributed by atoms with van der Waals surface area (Å²) in [5.74, 6) is 0.576. The van der Waals surface area contributed by atoms with Crippen LogP contribution in [0.4, 0.5) is 0 Å². The molecule has 0 bridgehead atoms. The molecule has 1 aliphatic rings.